The first kappa shape index (κ1) is 27.5. The zero-order valence-corrected chi connectivity index (χ0v) is 24.8. The van der Waals surface area contributed by atoms with E-state index in [2.05, 4.69) is 20.8 Å². The number of methoxy groups -OCH3 is 1. The van der Waals surface area contributed by atoms with Gasteiger partial charge in [-0.2, -0.15) is 0 Å². The summed E-state index contributed by atoms with van der Waals surface area (Å²) < 4.78 is 20.1. The number of ether oxygens (including phenoxy) is 2. The van der Waals surface area contributed by atoms with Crippen molar-refractivity contribution in [3.05, 3.63) is 77.1 Å². The number of aromatic nitrogens is 1. The summed E-state index contributed by atoms with van der Waals surface area (Å²) in [5.41, 5.74) is 1.54. The largest absolute Gasteiger partial charge is 0.497 e. The second-order valence-corrected chi connectivity index (χ2v) is 11.4. The monoisotopic (exact) mass is 613 g/mol. The van der Waals surface area contributed by atoms with Crippen molar-refractivity contribution in [3.63, 3.8) is 0 Å². The summed E-state index contributed by atoms with van der Waals surface area (Å²) in [7, 11) is 1.59. The second-order valence-electron chi connectivity index (χ2n) is 9.54. The van der Waals surface area contributed by atoms with Gasteiger partial charge in [0.05, 0.1) is 40.0 Å². The van der Waals surface area contributed by atoms with E-state index in [1.165, 1.54) is 17.8 Å². The van der Waals surface area contributed by atoms with Crippen LogP contribution in [-0.4, -0.2) is 37.3 Å². The maximum Gasteiger partial charge on any atom is 0.338 e. The van der Waals surface area contributed by atoms with Gasteiger partial charge in [0.15, 0.2) is 4.80 Å². The Labute approximate surface area is 239 Å². The van der Waals surface area contributed by atoms with Crippen LogP contribution in [-0.2, 0) is 9.53 Å². The second kappa shape index (κ2) is 12.0. The molecule has 0 N–H and O–H groups in total. The van der Waals surface area contributed by atoms with E-state index in [9.17, 15) is 9.59 Å². The predicted octanol–water partition coefficient (Wildman–Crippen LogP) is 4.93. The van der Waals surface area contributed by atoms with E-state index in [0.29, 0.717) is 38.5 Å². The van der Waals surface area contributed by atoms with Crippen molar-refractivity contribution >= 4 is 45.2 Å². The normalized spacial score (nSPS) is 17.7. The summed E-state index contributed by atoms with van der Waals surface area (Å²) in [6.45, 7) is 5.93. The molecule has 2 aliphatic rings. The highest BCUT2D eigenvalue weighted by atomic mass is 79.9. The molecule has 39 heavy (non-hydrogen) atoms. The number of benzene rings is 1. The molecule has 0 amide bonds. The minimum absolute atomic E-state index is 0.226. The number of hydrogen-bond acceptors (Lipinski definition) is 8. The molecule has 5 rings (SSSR count). The van der Waals surface area contributed by atoms with Crippen molar-refractivity contribution in [2.45, 2.75) is 52.0 Å². The Morgan fingerprint density at radius 3 is 2.74 bits per heavy atom. The third-order valence-corrected chi connectivity index (χ3v) is 8.46. The molecule has 0 saturated carbocycles. The Hall–Kier alpha value is -3.11. The van der Waals surface area contributed by atoms with Gasteiger partial charge in [-0.25, -0.2) is 9.79 Å². The number of thiazole rings is 1. The number of piperidine rings is 1. The number of rotatable bonds is 8. The van der Waals surface area contributed by atoms with Crippen molar-refractivity contribution in [1.82, 2.24) is 4.57 Å². The molecule has 1 aromatic carbocycles. The van der Waals surface area contributed by atoms with Crippen LogP contribution in [0, 0.1) is 0 Å². The zero-order chi connectivity index (χ0) is 27.5. The fraction of sp³-hybridized carbons (Fsp3) is 0.414. The Balaban J connectivity index is 1.67. The van der Waals surface area contributed by atoms with E-state index in [4.69, 9.17) is 18.9 Å². The topological polar surface area (TPSA) is 86.3 Å². The minimum Gasteiger partial charge on any atom is -0.497 e. The number of hydrogen-bond donors (Lipinski definition) is 0. The zero-order valence-electron chi connectivity index (χ0n) is 22.4. The molecule has 1 fully saturated rings. The molecule has 4 heterocycles. The molecule has 0 radical (unpaired) electrons. The number of fused-ring (bicyclic) bond motifs is 1. The number of anilines is 1. The van der Waals surface area contributed by atoms with Gasteiger partial charge in [-0.15, -0.1) is 0 Å². The number of esters is 1. The van der Waals surface area contributed by atoms with Crippen LogP contribution in [0.3, 0.4) is 0 Å². The van der Waals surface area contributed by atoms with Crippen LogP contribution < -0.4 is 24.5 Å². The third-order valence-electron chi connectivity index (χ3n) is 6.91. The molecule has 10 heteroatoms. The van der Waals surface area contributed by atoms with Crippen LogP contribution in [0.15, 0.2) is 60.3 Å². The fourth-order valence-corrected chi connectivity index (χ4v) is 6.69. The Morgan fingerprint density at radius 2 is 2.03 bits per heavy atom. The van der Waals surface area contributed by atoms with E-state index in [1.807, 2.05) is 37.3 Å². The van der Waals surface area contributed by atoms with Crippen molar-refractivity contribution in [2.75, 3.05) is 31.7 Å². The lowest BCUT2D eigenvalue weighted by molar-refractivity contribution is -0.139. The van der Waals surface area contributed by atoms with Crippen molar-refractivity contribution in [1.29, 1.82) is 0 Å². The first-order chi connectivity index (χ1) is 18.9. The van der Waals surface area contributed by atoms with Gasteiger partial charge >= 0.3 is 5.97 Å². The van der Waals surface area contributed by atoms with Crippen LogP contribution >= 0.6 is 27.3 Å². The summed E-state index contributed by atoms with van der Waals surface area (Å²) in [6, 6.07) is 8.65. The number of halogens is 1. The molecule has 206 valence electrons. The lowest BCUT2D eigenvalue weighted by Crippen LogP contribution is -2.40. The Bertz CT molecular complexity index is 1580. The Kier molecular flexibility index (Phi) is 8.42. The predicted molar refractivity (Wildman–Crippen MR) is 155 cm³/mol. The summed E-state index contributed by atoms with van der Waals surface area (Å²) in [6.07, 6.45) is 6.64. The maximum absolute atomic E-state index is 14.0. The van der Waals surface area contributed by atoms with Gasteiger partial charge in [0, 0.05) is 25.2 Å². The summed E-state index contributed by atoms with van der Waals surface area (Å²) >= 11 is 4.93. The van der Waals surface area contributed by atoms with Gasteiger partial charge in [0.1, 0.15) is 11.5 Å². The van der Waals surface area contributed by atoms with E-state index >= 15 is 0 Å². The molecule has 0 bridgehead atoms. The molecule has 0 aliphatic carbocycles. The fourth-order valence-electron chi connectivity index (χ4n) is 5.14. The van der Waals surface area contributed by atoms with Crippen molar-refractivity contribution in [2.24, 2.45) is 4.99 Å². The average Bonchev–Trinajstić information content (AvgIpc) is 3.47. The molecule has 0 spiro atoms. The number of furan rings is 1. The van der Waals surface area contributed by atoms with Gasteiger partial charge in [0.2, 0.25) is 5.88 Å². The van der Waals surface area contributed by atoms with Crippen LogP contribution in [0.4, 0.5) is 5.88 Å². The maximum atomic E-state index is 14.0. The van der Waals surface area contributed by atoms with Crippen molar-refractivity contribution in [3.8, 4) is 5.75 Å². The first-order valence-electron chi connectivity index (χ1n) is 13.3. The highest BCUT2D eigenvalue weighted by Crippen LogP contribution is 2.35. The highest BCUT2D eigenvalue weighted by molar-refractivity contribution is 9.10. The lowest BCUT2D eigenvalue weighted by Gasteiger charge is -2.26. The number of allylic oxidation sites excluding steroid dienone is 1. The molecule has 1 atom stereocenters. The summed E-state index contributed by atoms with van der Waals surface area (Å²) in [5.74, 6) is 1.55. The van der Waals surface area contributed by atoms with Crippen LogP contribution in [0.2, 0.25) is 0 Å². The molecule has 2 aromatic heterocycles. The van der Waals surface area contributed by atoms with E-state index in [0.717, 1.165) is 48.3 Å². The van der Waals surface area contributed by atoms with Crippen LogP contribution in [0.5, 0.6) is 5.75 Å². The SMILES string of the molecule is CCCC1=C(C(=O)OCC)[C@@H](c2cccc(OC)c2)n2c(s/c(=C/c3cc(Br)c(N4CCCCC4)o3)c2=O)=N1. The minimum atomic E-state index is -0.689. The van der Waals surface area contributed by atoms with E-state index in [-0.39, 0.29) is 12.2 Å². The lowest BCUT2D eigenvalue weighted by atomic mass is 9.94. The first-order valence-corrected chi connectivity index (χ1v) is 15.0. The van der Waals surface area contributed by atoms with Gasteiger partial charge in [0.25, 0.3) is 5.56 Å². The Morgan fingerprint density at radius 1 is 1.23 bits per heavy atom. The molecule has 3 aromatic rings. The van der Waals surface area contributed by atoms with Crippen molar-refractivity contribution < 1.29 is 18.7 Å². The van der Waals surface area contributed by atoms with Crippen LogP contribution in [0.1, 0.15) is 63.3 Å². The number of carbonyl (C=O) groups excluding carboxylic acids is 1. The van der Waals surface area contributed by atoms with Gasteiger partial charge < -0.3 is 18.8 Å². The highest BCUT2D eigenvalue weighted by Gasteiger charge is 2.34. The standard InChI is InChI=1S/C29H32BrN3O5S/c1-4-10-22-24(28(35)37-5-2)25(18-11-9-12-19(15-18)36-3)33-26(34)23(39-29(33)31-22)17-20-16-21(30)27(38-20)32-13-7-6-8-14-32/h9,11-12,15-17,25H,4-8,10,13-14H2,1-3H3/b23-17+/t25-/m1/s1. The van der Waals surface area contributed by atoms with E-state index < -0.39 is 12.0 Å². The van der Waals surface area contributed by atoms with Gasteiger partial charge in [-0.05, 0) is 66.2 Å². The summed E-state index contributed by atoms with van der Waals surface area (Å²) in [4.78, 5) is 34.9. The van der Waals surface area contributed by atoms with Gasteiger partial charge in [-0.1, -0.05) is 36.8 Å². The molecular formula is C29H32BrN3O5S. The molecule has 2 aliphatic heterocycles. The molecule has 8 nitrogen and oxygen atoms in total. The van der Waals surface area contributed by atoms with E-state index in [1.54, 1.807) is 24.7 Å². The number of carbonyl (C=O) groups is 1. The summed E-state index contributed by atoms with van der Waals surface area (Å²) in [5, 5.41) is 0. The smallest absolute Gasteiger partial charge is 0.338 e. The third kappa shape index (κ3) is 5.49. The number of nitrogens with zero attached hydrogens (tertiary/aromatic N) is 3. The molecular weight excluding hydrogens is 582 g/mol. The molecule has 1 saturated heterocycles. The quantitative estimate of drug-likeness (QED) is 0.335. The molecule has 0 unspecified atom stereocenters. The van der Waals surface area contributed by atoms with Gasteiger partial charge in [-0.3, -0.25) is 9.36 Å². The van der Waals surface area contributed by atoms with Crippen LogP contribution in [0.25, 0.3) is 6.08 Å². The average molecular weight is 615 g/mol.